The number of nitriles is 1. The number of piperidine rings is 1. The van der Waals surface area contributed by atoms with Crippen LogP contribution >= 0.6 is 0 Å². The first kappa shape index (κ1) is 21.3. The van der Waals surface area contributed by atoms with Gasteiger partial charge in [0.2, 0.25) is 0 Å². The molecule has 33 heavy (non-hydrogen) atoms. The van der Waals surface area contributed by atoms with Crippen molar-refractivity contribution in [2.24, 2.45) is 0 Å². The fourth-order valence-corrected chi connectivity index (χ4v) is 4.66. The molecule has 0 aliphatic carbocycles. The minimum absolute atomic E-state index is 0.190. The lowest BCUT2D eigenvalue weighted by Gasteiger charge is -2.32. The molecule has 1 aliphatic rings. The number of H-pyrrole nitrogens is 1. The highest BCUT2D eigenvalue weighted by atomic mass is 16.5. The van der Waals surface area contributed by atoms with E-state index in [1.165, 1.54) is 17.0 Å². The van der Waals surface area contributed by atoms with Gasteiger partial charge in [-0.1, -0.05) is 0 Å². The van der Waals surface area contributed by atoms with Gasteiger partial charge >= 0.3 is 5.63 Å². The number of nitrogens with one attached hydrogen (secondary N) is 1. The predicted octanol–water partition coefficient (Wildman–Crippen LogP) is 5.01. The Labute approximate surface area is 192 Å². The van der Waals surface area contributed by atoms with Crippen molar-refractivity contribution in [1.29, 1.82) is 5.26 Å². The van der Waals surface area contributed by atoms with Crippen LogP contribution in [0.3, 0.4) is 0 Å². The van der Waals surface area contributed by atoms with Gasteiger partial charge in [-0.05, 0) is 80.6 Å². The second-order valence-corrected chi connectivity index (χ2v) is 8.76. The van der Waals surface area contributed by atoms with Gasteiger partial charge in [0, 0.05) is 47.7 Å². The van der Waals surface area contributed by atoms with Crippen LogP contribution in [-0.4, -0.2) is 35.6 Å². The van der Waals surface area contributed by atoms with Crippen molar-refractivity contribution in [3.05, 3.63) is 76.3 Å². The zero-order chi connectivity index (χ0) is 22.6. The quantitative estimate of drug-likeness (QED) is 0.322. The fraction of sp³-hybridized carbons (Fsp3) is 0.333. The van der Waals surface area contributed by atoms with Crippen molar-refractivity contribution < 1.29 is 9.15 Å². The van der Waals surface area contributed by atoms with Gasteiger partial charge in [0.25, 0.3) is 0 Å². The lowest BCUT2D eigenvalue weighted by atomic mass is 10.0. The zero-order valence-corrected chi connectivity index (χ0v) is 18.5. The molecule has 1 fully saturated rings. The predicted molar refractivity (Wildman–Crippen MR) is 129 cm³/mol. The van der Waals surface area contributed by atoms with Crippen molar-refractivity contribution in [3.8, 4) is 11.8 Å². The van der Waals surface area contributed by atoms with Gasteiger partial charge in [-0.25, -0.2) is 4.79 Å². The summed E-state index contributed by atoms with van der Waals surface area (Å²) < 4.78 is 11.4. The fourth-order valence-electron chi connectivity index (χ4n) is 4.66. The Kier molecular flexibility index (Phi) is 6.14. The lowest BCUT2D eigenvalue weighted by molar-refractivity contribution is 0.0997. The highest BCUT2D eigenvalue weighted by molar-refractivity contribution is 5.84. The maximum absolute atomic E-state index is 11.5. The van der Waals surface area contributed by atoms with Gasteiger partial charge in [0.05, 0.1) is 11.6 Å². The molecule has 0 unspecified atom stereocenters. The highest BCUT2D eigenvalue weighted by Crippen LogP contribution is 2.24. The van der Waals surface area contributed by atoms with Crippen LogP contribution in [0.15, 0.2) is 63.9 Å². The van der Waals surface area contributed by atoms with Gasteiger partial charge < -0.3 is 19.0 Å². The highest BCUT2D eigenvalue weighted by Gasteiger charge is 2.20. The van der Waals surface area contributed by atoms with E-state index in [-0.39, 0.29) is 11.7 Å². The van der Waals surface area contributed by atoms with E-state index in [1.807, 2.05) is 36.4 Å². The first-order valence-electron chi connectivity index (χ1n) is 11.6. The van der Waals surface area contributed by atoms with Crippen molar-refractivity contribution in [3.63, 3.8) is 0 Å². The SMILES string of the molecule is N#Cc1ccc2[nH]cc(CCCCN3CCC(Oc4ccc5ccc(=O)oc5c4)CC3)c2c1. The number of hydrogen-bond acceptors (Lipinski definition) is 5. The Morgan fingerprint density at radius 1 is 1.09 bits per heavy atom. The van der Waals surface area contributed by atoms with Crippen molar-refractivity contribution >= 4 is 21.9 Å². The van der Waals surface area contributed by atoms with Crippen molar-refractivity contribution in [2.75, 3.05) is 19.6 Å². The molecule has 6 heteroatoms. The summed E-state index contributed by atoms with van der Waals surface area (Å²) in [7, 11) is 0. The smallest absolute Gasteiger partial charge is 0.336 e. The van der Waals surface area contributed by atoms with E-state index in [4.69, 9.17) is 14.4 Å². The molecule has 0 saturated carbocycles. The Hall–Kier alpha value is -3.56. The Bertz CT molecular complexity index is 1360. The second kappa shape index (κ2) is 9.51. The Balaban J connectivity index is 1.07. The number of likely N-dealkylation sites (tertiary alicyclic amines) is 1. The van der Waals surface area contributed by atoms with Gasteiger partial charge in [-0.3, -0.25) is 0 Å². The molecule has 0 spiro atoms. The van der Waals surface area contributed by atoms with Gasteiger partial charge in [0.15, 0.2) is 0 Å². The van der Waals surface area contributed by atoms with Crippen LogP contribution in [0.2, 0.25) is 0 Å². The molecule has 4 aromatic rings. The third kappa shape index (κ3) is 4.94. The molecule has 0 bridgehead atoms. The largest absolute Gasteiger partial charge is 0.490 e. The van der Waals surface area contributed by atoms with Crippen LogP contribution in [0.1, 0.15) is 36.8 Å². The minimum atomic E-state index is -0.343. The molecule has 1 saturated heterocycles. The van der Waals surface area contributed by atoms with Crippen molar-refractivity contribution in [2.45, 2.75) is 38.2 Å². The number of benzene rings is 2. The van der Waals surface area contributed by atoms with E-state index in [9.17, 15) is 4.79 Å². The lowest BCUT2D eigenvalue weighted by Crippen LogP contribution is -2.38. The van der Waals surface area contributed by atoms with E-state index >= 15 is 0 Å². The summed E-state index contributed by atoms with van der Waals surface area (Å²) in [4.78, 5) is 17.3. The molecule has 1 aliphatic heterocycles. The summed E-state index contributed by atoms with van der Waals surface area (Å²) in [5.41, 5.74) is 3.32. The van der Waals surface area contributed by atoms with E-state index in [2.05, 4.69) is 22.1 Å². The molecule has 2 aromatic heterocycles. The number of aromatic nitrogens is 1. The summed E-state index contributed by atoms with van der Waals surface area (Å²) in [5, 5.41) is 11.2. The molecular formula is C27H27N3O3. The van der Waals surface area contributed by atoms with Gasteiger partial charge in [-0.15, -0.1) is 0 Å². The Morgan fingerprint density at radius 3 is 2.79 bits per heavy atom. The van der Waals surface area contributed by atoms with E-state index < -0.39 is 0 Å². The number of aryl methyl sites for hydroxylation is 1. The summed E-state index contributed by atoms with van der Waals surface area (Å²) in [6.45, 7) is 3.16. The number of aromatic amines is 1. The van der Waals surface area contributed by atoms with Crippen LogP contribution in [0.4, 0.5) is 0 Å². The van der Waals surface area contributed by atoms with Crippen LogP contribution in [-0.2, 0) is 6.42 Å². The second-order valence-electron chi connectivity index (χ2n) is 8.76. The summed E-state index contributed by atoms with van der Waals surface area (Å²) in [6, 6.07) is 16.9. The first-order chi connectivity index (χ1) is 16.2. The normalized spacial score (nSPS) is 15.1. The number of ether oxygens (including phenoxy) is 1. The number of hydrogen-bond donors (Lipinski definition) is 1. The minimum Gasteiger partial charge on any atom is -0.490 e. The standard InChI is InChI=1S/C27H27N3O3/c28-17-19-4-8-25-24(15-19)21(18-29-25)3-1-2-12-30-13-10-22(11-14-30)32-23-7-5-20-6-9-27(31)33-26(20)16-23/h4-9,15-16,18,22,29H,1-3,10-14H2. The molecule has 168 valence electrons. The van der Waals surface area contributed by atoms with E-state index in [1.54, 1.807) is 6.07 Å². The van der Waals surface area contributed by atoms with Crippen molar-refractivity contribution in [1.82, 2.24) is 9.88 Å². The number of fused-ring (bicyclic) bond motifs is 2. The average Bonchev–Trinajstić information content (AvgIpc) is 3.24. The number of unbranched alkanes of at least 4 members (excludes halogenated alkanes) is 1. The monoisotopic (exact) mass is 441 g/mol. The maximum atomic E-state index is 11.5. The van der Waals surface area contributed by atoms with Gasteiger partial charge in [0.1, 0.15) is 17.4 Å². The molecule has 6 nitrogen and oxygen atoms in total. The summed E-state index contributed by atoms with van der Waals surface area (Å²) >= 11 is 0. The average molecular weight is 442 g/mol. The topological polar surface area (TPSA) is 82.3 Å². The zero-order valence-electron chi connectivity index (χ0n) is 18.5. The molecule has 3 heterocycles. The number of rotatable bonds is 7. The maximum Gasteiger partial charge on any atom is 0.336 e. The van der Waals surface area contributed by atoms with Crippen LogP contribution < -0.4 is 10.4 Å². The summed E-state index contributed by atoms with van der Waals surface area (Å²) in [5.74, 6) is 0.758. The molecule has 0 radical (unpaired) electrons. The third-order valence-electron chi connectivity index (χ3n) is 6.50. The molecule has 1 N–H and O–H groups in total. The molecule has 5 rings (SSSR count). The Morgan fingerprint density at radius 2 is 1.94 bits per heavy atom. The number of nitrogens with zero attached hydrogens (tertiary/aromatic N) is 2. The van der Waals surface area contributed by atoms with E-state index in [0.717, 1.165) is 68.4 Å². The van der Waals surface area contributed by atoms with Crippen LogP contribution in [0.5, 0.6) is 5.75 Å². The molecule has 0 atom stereocenters. The molecular weight excluding hydrogens is 414 g/mol. The van der Waals surface area contributed by atoms with Gasteiger partial charge in [-0.2, -0.15) is 5.26 Å². The summed E-state index contributed by atoms with van der Waals surface area (Å²) in [6.07, 6.45) is 7.56. The third-order valence-corrected chi connectivity index (χ3v) is 6.50. The van der Waals surface area contributed by atoms with E-state index in [0.29, 0.717) is 11.1 Å². The molecule has 0 amide bonds. The van der Waals surface area contributed by atoms with Crippen LogP contribution in [0.25, 0.3) is 21.9 Å². The first-order valence-corrected chi connectivity index (χ1v) is 11.6. The van der Waals surface area contributed by atoms with Crippen LogP contribution in [0, 0.1) is 11.3 Å². The molecule has 2 aromatic carbocycles.